The molecule has 0 radical (unpaired) electrons. The lowest BCUT2D eigenvalue weighted by Crippen LogP contribution is -2.53. The Morgan fingerprint density at radius 1 is 1.24 bits per heavy atom. The van der Waals surface area contributed by atoms with Crippen LogP contribution in [0.3, 0.4) is 0 Å². The molecular weight excluding hydrogens is 313 g/mol. The first-order chi connectivity index (χ1) is 9.58. The SMILES string of the molecule is CC(NC(=O)c1ccc(Cl)cc1)C(=O)N1CCNCC1.Cl. The third-order valence-electron chi connectivity index (χ3n) is 3.25. The number of nitrogens with zero attached hydrogens (tertiary/aromatic N) is 1. The van der Waals surface area contributed by atoms with Crippen LogP contribution in [-0.4, -0.2) is 48.9 Å². The van der Waals surface area contributed by atoms with Gasteiger partial charge in [-0.15, -0.1) is 12.4 Å². The maximum Gasteiger partial charge on any atom is 0.251 e. The highest BCUT2D eigenvalue weighted by molar-refractivity contribution is 6.30. The smallest absolute Gasteiger partial charge is 0.251 e. The van der Waals surface area contributed by atoms with Crippen molar-refractivity contribution in [1.82, 2.24) is 15.5 Å². The number of amides is 2. The van der Waals surface area contributed by atoms with Crippen molar-refractivity contribution in [2.24, 2.45) is 0 Å². The zero-order valence-electron chi connectivity index (χ0n) is 11.8. The number of piperazine rings is 1. The summed E-state index contributed by atoms with van der Waals surface area (Å²) >= 11 is 5.78. The van der Waals surface area contributed by atoms with Crippen molar-refractivity contribution in [2.75, 3.05) is 26.2 Å². The first-order valence-corrected chi connectivity index (χ1v) is 7.01. The average Bonchev–Trinajstić information content (AvgIpc) is 2.48. The van der Waals surface area contributed by atoms with Gasteiger partial charge in [-0.2, -0.15) is 0 Å². The molecule has 116 valence electrons. The Labute approximate surface area is 135 Å². The highest BCUT2D eigenvalue weighted by atomic mass is 35.5. The molecule has 2 N–H and O–H groups in total. The van der Waals surface area contributed by atoms with E-state index < -0.39 is 6.04 Å². The van der Waals surface area contributed by atoms with Crippen LogP contribution >= 0.6 is 24.0 Å². The molecule has 5 nitrogen and oxygen atoms in total. The predicted molar refractivity (Wildman–Crippen MR) is 85.1 cm³/mol. The molecule has 1 unspecified atom stereocenters. The zero-order chi connectivity index (χ0) is 14.5. The number of carbonyl (C=O) groups excluding carboxylic acids is 2. The summed E-state index contributed by atoms with van der Waals surface area (Å²) in [5, 5.41) is 6.48. The monoisotopic (exact) mass is 331 g/mol. The summed E-state index contributed by atoms with van der Waals surface area (Å²) in [6.45, 7) is 4.66. The van der Waals surface area contributed by atoms with Gasteiger partial charge in [0.1, 0.15) is 6.04 Å². The van der Waals surface area contributed by atoms with E-state index in [1.54, 1.807) is 36.1 Å². The van der Waals surface area contributed by atoms with Crippen molar-refractivity contribution in [2.45, 2.75) is 13.0 Å². The van der Waals surface area contributed by atoms with E-state index in [4.69, 9.17) is 11.6 Å². The van der Waals surface area contributed by atoms with Gasteiger partial charge in [-0.1, -0.05) is 11.6 Å². The fourth-order valence-electron chi connectivity index (χ4n) is 2.10. The minimum absolute atomic E-state index is 0. The molecule has 1 aromatic carbocycles. The maximum atomic E-state index is 12.2. The van der Waals surface area contributed by atoms with E-state index in [0.29, 0.717) is 23.7 Å². The molecule has 1 aliphatic rings. The Bertz CT molecular complexity index is 487. The van der Waals surface area contributed by atoms with Crippen molar-refractivity contribution >= 4 is 35.8 Å². The summed E-state index contributed by atoms with van der Waals surface area (Å²) in [7, 11) is 0. The Morgan fingerprint density at radius 3 is 2.38 bits per heavy atom. The van der Waals surface area contributed by atoms with E-state index in [1.165, 1.54) is 0 Å². The second-order valence-corrected chi connectivity index (χ2v) is 5.21. The van der Waals surface area contributed by atoms with Crippen LogP contribution in [0.15, 0.2) is 24.3 Å². The summed E-state index contributed by atoms with van der Waals surface area (Å²) in [6.07, 6.45) is 0. The molecule has 0 spiro atoms. The first-order valence-electron chi connectivity index (χ1n) is 6.64. The second kappa shape index (κ2) is 8.22. The lowest BCUT2D eigenvalue weighted by atomic mass is 10.2. The molecule has 0 bridgehead atoms. The minimum atomic E-state index is -0.531. The van der Waals surface area contributed by atoms with Crippen LogP contribution in [-0.2, 0) is 4.79 Å². The Kier molecular flexibility index (Phi) is 6.95. The fourth-order valence-corrected chi connectivity index (χ4v) is 2.23. The first kappa shape index (κ1) is 17.8. The van der Waals surface area contributed by atoms with Crippen LogP contribution in [0.4, 0.5) is 0 Å². The van der Waals surface area contributed by atoms with E-state index in [-0.39, 0.29) is 24.2 Å². The molecule has 1 heterocycles. The molecule has 7 heteroatoms. The highest BCUT2D eigenvalue weighted by Crippen LogP contribution is 2.09. The quantitative estimate of drug-likeness (QED) is 0.877. The third kappa shape index (κ3) is 4.88. The van der Waals surface area contributed by atoms with Gasteiger partial charge in [-0.05, 0) is 31.2 Å². The van der Waals surface area contributed by atoms with Crippen molar-refractivity contribution in [3.8, 4) is 0 Å². The molecule has 0 aromatic heterocycles. The lowest BCUT2D eigenvalue weighted by Gasteiger charge is -2.30. The van der Waals surface area contributed by atoms with Crippen LogP contribution in [0, 0.1) is 0 Å². The van der Waals surface area contributed by atoms with Crippen molar-refractivity contribution in [3.63, 3.8) is 0 Å². The van der Waals surface area contributed by atoms with Crippen LogP contribution in [0.2, 0.25) is 5.02 Å². The molecule has 1 aliphatic heterocycles. The van der Waals surface area contributed by atoms with Crippen molar-refractivity contribution in [1.29, 1.82) is 0 Å². The van der Waals surface area contributed by atoms with Gasteiger partial charge >= 0.3 is 0 Å². The Morgan fingerprint density at radius 2 is 1.81 bits per heavy atom. The molecule has 1 fully saturated rings. The van der Waals surface area contributed by atoms with Gasteiger partial charge in [0.2, 0.25) is 5.91 Å². The summed E-state index contributed by atoms with van der Waals surface area (Å²) in [5.41, 5.74) is 0.495. The predicted octanol–water partition coefficient (Wildman–Crippen LogP) is 1.31. The van der Waals surface area contributed by atoms with Gasteiger partial charge in [0.15, 0.2) is 0 Å². The number of nitrogens with one attached hydrogen (secondary N) is 2. The van der Waals surface area contributed by atoms with E-state index in [1.807, 2.05) is 0 Å². The average molecular weight is 332 g/mol. The molecule has 0 saturated carbocycles. The summed E-state index contributed by atoms with van der Waals surface area (Å²) in [6, 6.07) is 6.05. The number of halogens is 2. The third-order valence-corrected chi connectivity index (χ3v) is 3.51. The molecule has 21 heavy (non-hydrogen) atoms. The van der Waals surface area contributed by atoms with Crippen LogP contribution in [0.1, 0.15) is 17.3 Å². The number of carbonyl (C=O) groups is 2. The number of hydrogen-bond donors (Lipinski definition) is 2. The van der Waals surface area contributed by atoms with Gasteiger partial charge in [0.05, 0.1) is 0 Å². The minimum Gasteiger partial charge on any atom is -0.341 e. The van der Waals surface area contributed by atoms with Crippen molar-refractivity contribution < 1.29 is 9.59 Å². The number of benzene rings is 1. The van der Waals surface area contributed by atoms with E-state index in [0.717, 1.165) is 13.1 Å². The lowest BCUT2D eigenvalue weighted by molar-refractivity contribution is -0.133. The molecule has 0 aliphatic carbocycles. The molecular formula is C14H19Cl2N3O2. The van der Waals surface area contributed by atoms with E-state index >= 15 is 0 Å². The Hall–Kier alpha value is -1.30. The normalized spacial score (nSPS) is 15.8. The van der Waals surface area contributed by atoms with Gasteiger partial charge in [-0.25, -0.2) is 0 Å². The van der Waals surface area contributed by atoms with Gasteiger partial charge in [-0.3, -0.25) is 9.59 Å². The molecule has 2 amide bonds. The van der Waals surface area contributed by atoms with E-state index in [2.05, 4.69) is 10.6 Å². The van der Waals surface area contributed by atoms with Crippen LogP contribution in [0.5, 0.6) is 0 Å². The van der Waals surface area contributed by atoms with Gasteiger partial charge in [0.25, 0.3) is 5.91 Å². The summed E-state index contributed by atoms with van der Waals surface area (Å²) in [4.78, 5) is 26.0. The molecule has 1 aromatic rings. The highest BCUT2D eigenvalue weighted by Gasteiger charge is 2.23. The van der Waals surface area contributed by atoms with Gasteiger partial charge in [0, 0.05) is 36.8 Å². The standard InChI is InChI=1S/C14H18ClN3O2.ClH/c1-10(14(20)18-8-6-16-7-9-18)17-13(19)11-2-4-12(15)5-3-11;/h2-5,10,16H,6-9H2,1H3,(H,17,19);1H. The molecule has 2 rings (SSSR count). The zero-order valence-corrected chi connectivity index (χ0v) is 13.3. The van der Waals surface area contributed by atoms with Crippen LogP contribution in [0.25, 0.3) is 0 Å². The summed E-state index contributed by atoms with van der Waals surface area (Å²) < 4.78 is 0. The topological polar surface area (TPSA) is 61.4 Å². The Balaban J connectivity index is 0.00000220. The molecule has 1 saturated heterocycles. The van der Waals surface area contributed by atoms with E-state index in [9.17, 15) is 9.59 Å². The summed E-state index contributed by atoms with van der Waals surface area (Å²) in [5.74, 6) is -0.313. The number of hydrogen-bond acceptors (Lipinski definition) is 3. The number of rotatable bonds is 3. The largest absolute Gasteiger partial charge is 0.341 e. The fraction of sp³-hybridized carbons (Fsp3) is 0.429. The van der Waals surface area contributed by atoms with Crippen molar-refractivity contribution in [3.05, 3.63) is 34.9 Å². The van der Waals surface area contributed by atoms with Crippen LogP contribution < -0.4 is 10.6 Å². The maximum absolute atomic E-state index is 12.2. The second-order valence-electron chi connectivity index (χ2n) is 4.78. The molecule has 1 atom stereocenters. The van der Waals surface area contributed by atoms with Gasteiger partial charge < -0.3 is 15.5 Å².